The number of rotatable bonds is 4. The molecule has 3 rings (SSSR count). The fourth-order valence-electron chi connectivity index (χ4n) is 3.73. The zero-order chi connectivity index (χ0) is 17.8. The highest BCUT2D eigenvalue weighted by atomic mass is 35.5. The standard InChI is InChI=1S/C19H28ClN3O2/c1-21(2)12-15-13-23(9-10-25-14-15)19(24)16-5-6-18(17(20)11-16)22-7-3-4-8-22/h5-6,11,15H,3-4,7-10,12-14H2,1-2H3/t15-/m1/s1. The molecule has 0 spiro atoms. The smallest absolute Gasteiger partial charge is 0.253 e. The number of nitrogens with zero attached hydrogens (tertiary/aromatic N) is 3. The van der Waals surface area contributed by atoms with E-state index in [9.17, 15) is 4.79 Å². The number of amides is 1. The summed E-state index contributed by atoms with van der Waals surface area (Å²) in [6, 6.07) is 5.73. The molecule has 0 unspecified atom stereocenters. The molecule has 2 aliphatic rings. The Morgan fingerprint density at radius 1 is 1.28 bits per heavy atom. The fraction of sp³-hybridized carbons (Fsp3) is 0.632. The summed E-state index contributed by atoms with van der Waals surface area (Å²) in [6.45, 7) is 5.66. The van der Waals surface area contributed by atoms with Crippen LogP contribution in [0.2, 0.25) is 5.02 Å². The maximum absolute atomic E-state index is 13.0. The van der Waals surface area contributed by atoms with Gasteiger partial charge in [-0.2, -0.15) is 0 Å². The summed E-state index contributed by atoms with van der Waals surface area (Å²) < 4.78 is 5.68. The SMILES string of the molecule is CN(C)C[C@H]1COCCN(C(=O)c2ccc(N3CCCC3)c(Cl)c2)C1. The largest absolute Gasteiger partial charge is 0.379 e. The normalized spacial score (nSPS) is 21.7. The van der Waals surface area contributed by atoms with Crippen molar-refractivity contribution in [2.45, 2.75) is 12.8 Å². The number of carbonyl (C=O) groups is 1. The summed E-state index contributed by atoms with van der Waals surface area (Å²) in [5.74, 6) is 0.380. The quantitative estimate of drug-likeness (QED) is 0.821. The summed E-state index contributed by atoms with van der Waals surface area (Å²) in [5, 5.41) is 0.670. The molecule has 2 saturated heterocycles. The van der Waals surface area contributed by atoms with Crippen LogP contribution < -0.4 is 4.90 Å². The fourth-order valence-corrected chi connectivity index (χ4v) is 4.03. The van der Waals surface area contributed by atoms with E-state index in [2.05, 4.69) is 9.80 Å². The van der Waals surface area contributed by atoms with Crippen molar-refractivity contribution in [1.82, 2.24) is 9.80 Å². The monoisotopic (exact) mass is 365 g/mol. The van der Waals surface area contributed by atoms with Crippen LogP contribution in [0.15, 0.2) is 18.2 Å². The van der Waals surface area contributed by atoms with Crippen molar-refractivity contribution < 1.29 is 9.53 Å². The average molecular weight is 366 g/mol. The van der Waals surface area contributed by atoms with Crippen LogP contribution in [0.1, 0.15) is 23.2 Å². The maximum Gasteiger partial charge on any atom is 0.253 e. The van der Waals surface area contributed by atoms with E-state index >= 15 is 0 Å². The summed E-state index contributed by atoms with van der Waals surface area (Å²) in [7, 11) is 4.10. The first-order valence-corrected chi connectivity index (χ1v) is 9.48. The third-order valence-corrected chi connectivity index (χ3v) is 5.19. The molecule has 0 N–H and O–H groups in total. The molecule has 0 aliphatic carbocycles. The van der Waals surface area contributed by atoms with Crippen molar-refractivity contribution in [1.29, 1.82) is 0 Å². The van der Waals surface area contributed by atoms with E-state index in [1.807, 2.05) is 37.2 Å². The lowest BCUT2D eigenvalue weighted by Crippen LogP contribution is -2.38. The Balaban J connectivity index is 1.71. The summed E-state index contributed by atoms with van der Waals surface area (Å²) in [4.78, 5) is 19.3. The van der Waals surface area contributed by atoms with Crippen LogP contribution >= 0.6 is 11.6 Å². The van der Waals surface area contributed by atoms with Gasteiger partial charge in [0.25, 0.3) is 5.91 Å². The summed E-state index contributed by atoms with van der Waals surface area (Å²) in [5.41, 5.74) is 1.71. The number of hydrogen-bond acceptors (Lipinski definition) is 4. The predicted molar refractivity (Wildman–Crippen MR) is 102 cm³/mol. The minimum Gasteiger partial charge on any atom is -0.379 e. The Hall–Kier alpha value is -1.30. The maximum atomic E-state index is 13.0. The second-order valence-electron chi connectivity index (χ2n) is 7.31. The summed E-state index contributed by atoms with van der Waals surface area (Å²) >= 11 is 6.48. The van der Waals surface area contributed by atoms with Crippen LogP contribution in [0, 0.1) is 5.92 Å². The first-order chi connectivity index (χ1) is 12.0. The van der Waals surface area contributed by atoms with E-state index in [-0.39, 0.29) is 5.91 Å². The zero-order valence-corrected chi connectivity index (χ0v) is 16.0. The molecule has 0 radical (unpaired) electrons. The lowest BCUT2D eigenvalue weighted by Gasteiger charge is -2.26. The van der Waals surface area contributed by atoms with Gasteiger partial charge in [0.1, 0.15) is 0 Å². The van der Waals surface area contributed by atoms with Gasteiger partial charge in [-0.15, -0.1) is 0 Å². The molecule has 25 heavy (non-hydrogen) atoms. The molecule has 2 fully saturated rings. The van der Waals surface area contributed by atoms with E-state index in [0.29, 0.717) is 36.3 Å². The van der Waals surface area contributed by atoms with Gasteiger partial charge in [0.15, 0.2) is 0 Å². The van der Waals surface area contributed by atoms with E-state index < -0.39 is 0 Å². The molecular formula is C19H28ClN3O2. The molecule has 138 valence electrons. The van der Waals surface area contributed by atoms with Crippen molar-refractivity contribution in [3.63, 3.8) is 0 Å². The van der Waals surface area contributed by atoms with Gasteiger partial charge < -0.3 is 19.4 Å². The Labute approximate surface area is 155 Å². The number of ether oxygens (including phenoxy) is 1. The minimum atomic E-state index is 0.0455. The molecule has 5 nitrogen and oxygen atoms in total. The Kier molecular flexibility index (Phi) is 6.20. The van der Waals surface area contributed by atoms with Gasteiger partial charge in [-0.25, -0.2) is 0 Å². The van der Waals surface area contributed by atoms with Crippen molar-refractivity contribution in [2.75, 3.05) is 64.9 Å². The molecule has 1 amide bonds. The van der Waals surface area contributed by atoms with Gasteiger partial charge in [0.05, 0.1) is 23.9 Å². The van der Waals surface area contributed by atoms with Gasteiger partial charge in [-0.3, -0.25) is 4.79 Å². The Bertz CT molecular complexity index is 602. The van der Waals surface area contributed by atoms with Crippen LogP contribution in [-0.2, 0) is 4.74 Å². The Morgan fingerprint density at radius 2 is 2.04 bits per heavy atom. The van der Waals surface area contributed by atoms with Crippen molar-refractivity contribution in [3.8, 4) is 0 Å². The molecule has 1 atom stereocenters. The van der Waals surface area contributed by atoms with Gasteiger partial charge in [0.2, 0.25) is 0 Å². The zero-order valence-electron chi connectivity index (χ0n) is 15.2. The first kappa shape index (κ1) is 18.5. The molecule has 6 heteroatoms. The van der Waals surface area contributed by atoms with E-state index in [1.54, 1.807) is 0 Å². The molecule has 2 heterocycles. The second-order valence-corrected chi connectivity index (χ2v) is 7.72. The van der Waals surface area contributed by atoms with Gasteiger partial charge in [-0.1, -0.05) is 11.6 Å². The molecule has 2 aliphatic heterocycles. The van der Waals surface area contributed by atoms with Crippen molar-refractivity contribution in [3.05, 3.63) is 28.8 Å². The van der Waals surface area contributed by atoms with E-state index in [0.717, 1.165) is 31.9 Å². The van der Waals surface area contributed by atoms with Crippen LogP contribution in [-0.4, -0.2) is 75.7 Å². The first-order valence-electron chi connectivity index (χ1n) is 9.11. The molecule has 1 aromatic rings. The van der Waals surface area contributed by atoms with Gasteiger partial charge in [-0.05, 0) is 45.1 Å². The number of anilines is 1. The Morgan fingerprint density at radius 3 is 2.72 bits per heavy atom. The lowest BCUT2D eigenvalue weighted by molar-refractivity contribution is 0.0735. The van der Waals surface area contributed by atoms with Crippen LogP contribution in [0.3, 0.4) is 0 Å². The van der Waals surface area contributed by atoms with Crippen molar-refractivity contribution >= 4 is 23.2 Å². The molecule has 0 bridgehead atoms. The molecule has 0 aromatic heterocycles. The molecule has 1 aromatic carbocycles. The number of carbonyl (C=O) groups excluding carboxylic acids is 1. The lowest BCUT2D eigenvalue weighted by atomic mass is 10.1. The predicted octanol–water partition coefficient (Wildman–Crippen LogP) is 2.59. The number of hydrogen-bond donors (Lipinski definition) is 0. The van der Waals surface area contributed by atoms with Gasteiger partial charge in [0, 0.05) is 44.2 Å². The average Bonchev–Trinajstić information content (AvgIpc) is 3.00. The van der Waals surface area contributed by atoms with E-state index in [4.69, 9.17) is 16.3 Å². The third kappa shape index (κ3) is 4.66. The second kappa shape index (κ2) is 8.39. The number of benzene rings is 1. The molecular weight excluding hydrogens is 338 g/mol. The van der Waals surface area contributed by atoms with Crippen LogP contribution in [0.25, 0.3) is 0 Å². The third-order valence-electron chi connectivity index (χ3n) is 4.89. The highest BCUT2D eigenvalue weighted by Crippen LogP contribution is 2.30. The summed E-state index contributed by atoms with van der Waals surface area (Å²) in [6.07, 6.45) is 2.41. The van der Waals surface area contributed by atoms with Gasteiger partial charge >= 0.3 is 0 Å². The van der Waals surface area contributed by atoms with Crippen LogP contribution in [0.4, 0.5) is 5.69 Å². The minimum absolute atomic E-state index is 0.0455. The highest BCUT2D eigenvalue weighted by molar-refractivity contribution is 6.33. The highest BCUT2D eigenvalue weighted by Gasteiger charge is 2.25. The number of halogens is 1. The van der Waals surface area contributed by atoms with Crippen LogP contribution in [0.5, 0.6) is 0 Å². The van der Waals surface area contributed by atoms with Crippen molar-refractivity contribution in [2.24, 2.45) is 5.92 Å². The topological polar surface area (TPSA) is 36.0 Å². The molecule has 0 saturated carbocycles. The van der Waals surface area contributed by atoms with E-state index in [1.165, 1.54) is 12.8 Å².